The van der Waals surface area contributed by atoms with E-state index in [9.17, 15) is 9.59 Å². The number of hydrogen-bond donors (Lipinski definition) is 0. The molecule has 2 heterocycles. The minimum Gasteiger partial charge on any atom is -0.342 e. The fraction of sp³-hybridized carbons (Fsp3) is 0.579. The molecule has 3 aliphatic rings. The molecular formula is C19H24N2O2S. The summed E-state index contributed by atoms with van der Waals surface area (Å²) in [6.45, 7) is 3.55. The van der Waals surface area contributed by atoms with E-state index in [1.807, 2.05) is 39.8 Å². The molecule has 4 nitrogen and oxygen atoms in total. The highest BCUT2D eigenvalue weighted by molar-refractivity contribution is 7.99. The van der Waals surface area contributed by atoms with Crippen LogP contribution in [0, 0.1) is 11.8 Å². The molecule has 2 fully saturated rings. The van der Waals surface area contributed by atoms with Crippen LogP contribution in [0.3, 0.4) is 0 Å². The number of benzene rings is 1. The van der Waals surface area contributed by atoms with E-state index in [0.29, 0.717) is 6.54 Å². The number of amides is 2. The van der Waals surface area contributed by atoms with E-state index in [1.165, 1.54) is 4.90 Å². The Hall–Kier alpha value is -1.49. The van der Waals surface area contributed by atoms with Crippen molar-refractivity contribution < 1.29 is 9.59 Å². The van der Waals surface area contributed by atoms with Gasteiger partial charge < -0.3 is 9.80 Å². The average molecular weight is 344 g/mol. The molecule has 1 aromatic carbocycles. The molecule has 0 radical (unpaired) electrons. The predicted octanol–water partition coefficient (Wildman–Crippen LogP) is 3.16. The Bertz CT molecular complexity index is 659. The fourth-order valence-corrected chi connectivity index (χ4v) is 4.86. The number of hydrogen-bond acceptors (Lipinski definition) is 3. The maximum absolute atomic E-state index is 13.3. The Kier molecular flexibility index (Phi) is 4.29. The van der Waals surface area contributed by atoms with E-state index < -0.39 is 0 Å². The van der Waals surface area contributed by atoms with Gasteiger partial charge in [-0.05, 0) is 44.7 Å². The molecule has 0 spiro atoms. The Balaban J connectivity index is 1.53. The van der Waals surface area contributed by atoms with Crippen LogP contribution in [-0.2, 0) is 9.59 Å². The summed E-state index contributed by atoms with van der Waals surface area (Å²) >= 11 is 1.82. The molecule has 1 aromatic rings. The zero-order valence-electron chi connectivity index (χ0n) is 14.1. The minimum absolute atomic E-state index is 0.0555. The number of carbonyl (C=O) groups excluding carboxylic acids is 2. The van der Waals surface area contributed by atoms with Crippen molar-refractivity contribution in [1.29, 1.82) is 0 Å². The van der Waals surface area contributed by atoms with Gasteiger partial charge in [0, 0.05) is 35.7 Å². The van der Waals surface area contributed by atoms with Crippen LogP contribution in [0.2, 0.25) is 0 Å². The predicted molar refractivity (Wildman–Crippen MR) is 96.1 cm³/mol. The van der Waals surface area contributed by atoms with Gasteiger partial charge in [-0.15, -0.1) is 11.8 Å². The number of fused-ring (bicyclic) bond motifs is 1. The third-order valence-electron chi connectivity index (χ3n) is 5.29. The Morgan fingerprint density at radius 1 is 1.08 bits per heavy atom. The lowest BCUT2D eigenvalue weighted by Crippen LogP contribution is -2.51. The van der Waals surface area contributed by atoms with Crippen molar-refractivity contribution in [2.75, 3.05) is 23.7 Å². The summed E-state index contributed by atoms with van der Waals surface area (Å²) in [6.07, 6.45) is 3.89. The van der Waals surface area contributed by atoms with Gasteiger partial charge in [0.2, 0.25) is 11.8 Å². The van der Waals surface area contributed by atoms with Crippen LogP contribution in [0.4, 0.5) is 5.69 Å². The minimum atomic E-state index is -0.0555. The fourth-order valence-electron chi connectivity index (χ4n) is 3.80. The smallest absolute Gasteiger partial charge is 0.232 e. The molecule has 1 saturated heterocycles. The molecule has 2 aliphatic heterocycles. The third-order valence-corrected chi connectivity index (χ3v) is 6.60. The zero-order chi connectivity index (χ0) is 16.7. The first kappa shape index (κ1) is 16.0. The molecular weight excluding hydrogens is 320 g/mol. The van der Waals surface area contributed by atoms with E-state index in [0.717, 1.165) is 43.7 Å². The summed E-state index contributed by atoms with van der Waals surface area (Å²) in [5.41, 5.74) is 1.04. The van der Waals surface area contributed by atoms with E-state index in [4.69, 9.17) is 0 Å². The van der Waals surface area contributed by atoms with Gasteiger partial charge in [0.05, 0.1) is 11.6 Å². The molecule has 2 amide bonds. The topological polar surface area (TPSA) is 40.6 Å². The van der Waals surface area contributed by atoms with Crippen LogP contribution in [0.15, 0.2) is 29.2 Å². The second-order valence-corrected chi connectivity index (χ2v) is 8.30. The summed E-state index contributed by atoms with van der Waals surface area (Å²) in [5.74, 6) is 1.59. The van der Waals surface area contributed by atoms with Crippen molar-refractivity contribution in [2.45, 2.75) is 43.5 Å². The van der Waals surface area contributed by atoms with E-state index in [1.54, 1.807) is 0 Å². The number of para-hydroxylation sites is 1. The first-order chi connectivity index (χ1) is 11.6. The van der Waals surface area contributed by atoms with E-state index in [-0.39, 0.29) is 29.7 Å². The highest BCUT2D eigenvalue weighted by atomic mass is 32.2. The number of nitrogens with zero attached hydrogens (tertiary/aromatic N) is 2. The second kappa shape index (κ2) is 6.43. The lowest BCUT2D eigenvalue weighted by molar-refractivity contribution is -0.136. The molecule has 1 saturated carbocycles. The lowest BCUT2D eigenvalue weighted by Gasteiger charge is -2.39. The van der Waals surface area contributed by atoms with Crippen molar-refractivity contribution in [2.24, 2.45) is 11.8 Å². The molecule has 24 heavy (non-hydrogen) atoms. The normalized spacial score (nSPS) is 26.9. The van der Waals surface area contributed by atoms with Gasteiger partial charge in [-0.2, -0.15) is 0 Å². The van der Waals surface area contributed by atoms with Gasteiger partial charge in [0.25, 0.3) is 0 Å². The number of carbonyl (C=O) groups is 2. The van der Waals surface area contributed by atoms with Crippen LogP contribution in [0.5, 0.6) is 0 Å². The highest BCUT2D eigenvalue weighted by Crippen LogP contribution is 2.39. The highest BCUT2D eigenvalue weighted by Gasteiger charge is 2.39. The van der Waals surface area contributed by atoms with Gasteiger partial charge in [-0.1, -0.05) is 12.1 Å². The molecule has 0 unspecified atom stereocenters. The standard InChI is InChI=1S/C19H24N2O2S/c1-13-12-24-17-7-3-2-6-16(17)21(13)19(23)15-5-4-10-20(11-15)18(22)14-8-9-14/h2-3,6-7,13-15H,4-5,8-12H2,1H3/t13-,15-/m1/s1. The molecule has 128 valence electrons. The number of likely N-dealkylation sites (tertiary alicyclic amines) is 1. The molecule has 0 aromatic heterocycles. The number of thioether (sulfide) groups is 1. The SMILES string of the molecule is C[C@@H]1CSc2ccccc2N1C(=O)[C@@H]1CCCN(C(=O)C2CC2)C1. The number of anilines is 1. The summed E-state index contributed by atoms with van der Waals surface area (Å²) in [5, 5.41) is 0. The molecule has 4 rings (SSSR count). The molecule has 1 aliphatic carbocycles. The van der Waals surface area contributed by atoms with Crippen molar-refractivity contribution in [3.05, 3.63) is 24.3 Å². The zero-order valence-corrected chi connectivity index (χ0v) is 14.9. The first-order valence-corrected chi connectivity index (χ1v) is 9.97. The van der Waals surface area contributed by atoms with Crippen molar-refractivity contribution in [3.8, 4) is 0 Å². The third kappa shape index (κ3) is 2.94. The Morgan fingerprint density at radius 3 is 2.67 bits per heavy atom. The summed E-state index contributed by atoms with van der Waals surface area (Å²) in [4.78, 5) is 30.7. The van der Waals surface area contributed by atoms with E-state index >= 15 is 0 Å². The monoisotopic (exact) mass is 344 g/mol. The molecule has 5 heteroatoms. The second-order valence-electron chi connectivity index (χ2n) is 7.23. The Labute approximate surface area is 147 Å². The van der Waals surface area contributed by atoms with Crippen LogP contribution in [-0.4, -0.2) is 41.6 Å². The van der Waals surface area contributed by atoms with Crippen LogP contribution in [0.1, 0.15) is 32.6 Å². The maximum Gasteiger partial charge on any atom is 0.232 e. The van der Waals surface area contributed by atoms with Crippen LogP contribution >= 0.6 is 11.8 Å². The van der Waals surface area contributed by atoms with Crippen molar-refractivity contribution in [1.82, 2.24) is 4.90 Å². The van der Waals surface area contributed by atoms with Crippen LogP contribution in [0.25, 0.3) is 0 Å². The van der Waals surface area contributed by atoms with Gasteiger partial charge in [0.1, 0.15) is 0 Å². The quantitative estimate of drug-likeness (QED) is 0.827. The summed E-state index contributed by atoms with van der Waals surface area (Å²) in [6, 6.07) is 8.37. The summed E-state index contributed by atoms with van der Waals surface area (Å²) < 4.78 is 0. The van der Waals surface area contributed by atoms with Crippen LogP contribution < -0.4 is 4.90 Å². The number of piperidine rings is 1. The summed E-state index contributed by atoms with van der Waals surface area (Å²) in [7, 11) is 0. The van der Waals surface area contributed by atoms with Crippen molar-refractivity contribution >= 4 is 29.3 Å². The lowest BCUT2D eigenvalue weighted by atomic mass is 9.95. The van der Waals surface area contributed by atoms with Gasteiger partial charge >= 0.3 is 0 Å². The van der Waals surface area contributed by atoms with Crippen molar-refractivity contribution in [3.63, 3.8) is 0 Å². The first-order valence-electron chi connectivity index (χ1n) is 8.99. The largest absolute Gasteiger partial charge is 0.342 e. The van der Waals surface area contributed by atoms with Gasteiger partial charge in [0.15, 0.2) is 0 Å². The molecule has 0 N–H and O–H groups in total. The Morgan fingerprint density at radius 2 is 1.88 bits per heavy atom. The van der Waals surface area contributed by atoms with Gasteiger partial charge in [-0.25, -0.2) is 0 Å². The maximum atomic E-state index is 13.3. The molecule has 2 atom stereocenters. The number of rotatable bonds is 2. The average Bonchev–Trinajstić information content (AvgIpc) is 3.46. The molecule has 0 bridgehead atoms. The van der Waals surface area contributed by atoms with E-state index in [2.05, 4.69) is 13.0 Å². The van der Waals surface area contributed by atoms with Gasteiger partial charge in [-0.3, -0.25) is 9.59 Å².